The van der Waals surface area contributed by atoms with Gasteiger partial charge in [0.2, 0.25) is 10.0 Å². The largest absolute Gasteiger partial charge is 0.367 e. The van der Waals surface area contributed by atoms with Crippen molar-refractivity contribution in [2.45, 2.75) is 62.6 Å². The van der Waals surface area contributed by atoms with Gasteiger partial charge in [0, 0.05) is 30.6 Å². The molecule has 2 atom stereocenters. The number of sulfonamides is 1. The molecule has 0 amide bonds. The minimum Gasteiger partial charge on any atom is -0.367 e. The average molecular weight is 535 g/mol. The second-order valence-electron chi connectivity index (χ2n) is 9.38. The van der Waals surface area contributed by atoms with Gasteiger partial charge in [0.1, 0.15) is 17.1 Å². The van der Waals surface area contributed by atoms with Crippen molar-refractivity contribution in [2.24, 2.45) is 0 Å². The Morgan fingerprint density at radius 3 is 2.50 bits per heavy atom. The van der Waals surface area contributed by atoms with Crippen LogP contribution in [0.2, 0.25) is 0 Å². The molecular weight excluding hydrogens is 510 g/mol. The molecule has 2 N–H and O–H groups in total. The molecule has 10 nitrogen and oxygen atoms in total. The second kappa shape index (κ2) is 8.91. The van der Waals surface area contributed by atoms with Gasteiger partial charge in [-0.15, -0.1) is 10.2 Å². The van der Waals surface area contributed by atoms with Crippen LogP contribution in [0.3, 0.4) is 0 Å². The van der Waals surface area contributed by atoms with Crippen molar-refractivity contribution in [3.05, 3.63) is 23.0 Å². The van der Waals surface area contributed by atoms with Crippen LogP contribution in [0.4, 0.5) is 14.5 Å². The zero-order chi connectivity index (χ0) is 25.8. The lowest BCUT2D eigenvalue weighted by molar-refractivity contribution is 0.150. The number of nitrogens with one attached hydrogen (secondary N) is 2. The highest BCUT2D eigenvalue weighted by Crippen LogP contribution is 2.39. The Morgan fingerprint density at radius 1 is 1.22 bits per heavy atom. The van der Waals surface area contributed by atoms with Crippen molar-refractivity contribution >= 4 is 38.0 Å². The summed E-state index contributed by atoms with van der Waals surface area (Å²) in [6.07, 6.45) is -1.92. The standard InChI is InChI=1S/C22H24F2N8O2S2/c1-11-8-32(9-12(2)26-11)16-7-14(36(33,34)31-22(10-25)4-5-22)6-15-17(16)27-13(3)28-18(15)20-29-30-21(35-20)19(23)24/h6-7,11-12,19,26,31H,4-5,8-9H2,1-3H3/t11-,12+. The highest BCUT2D eigenvalue weighted by Gasteiger charge is 2.47. The van der Waals surface area contributed by atoms with Gasteiger partial charge in [0.05, 0.1) is 22.2 Å². The molecule has 0 radical (unpaired) electrons. The maximum absolute atomic E-state index is 13.4. The number of nitriles is 1. The van der Waals surface area contributed by atoms with E-state index >= 15 is 0 Å². The number of aromatic nitrogens is 4. The molecule has 1 aliphatic heterocycles. The van der Waals surface area contributed by atoms with Crippen molar-refractivity contribution in [2.75, 3.05) is 18.0 Å². The molecule has 2 aromatic heterocycles. The summed E-state index contributed by atoms with van der Waals surface area (Å²) >= 11 is 0.703. The number of alkyl halides is 2. The molecule has 3 heterocycles. The van der Waals surface area contributed by atoms with E-state index in [1.165, 1.54) is 6.07 Å². The molecule has 1 saturated carbocycles. The first-order valence-electron chi connectivity index (χ1n) is 11.4. The maximum atomic E-state index is 13.4. The molecule has 190 valence electrons. The lowest BCUT2D eigenvalue weighted by Crippen LogP contribution is -2.54. The fraction of sp³-hybridized carbons (Fsp3) is 0.500. The van der Waals surface area contributed by atoms with Gasteiger partial charge in [0.15, 0.2) is 10.0 Å². The summed E-state index contributed by atoms with van der Waals surface area (Å²) in [4.78, 5) is 11.1. The Labute approximate surface area is 210 Å². The van der Waals surface area contributed by atoms with Crippen LogP contribution in [0.25, 0.3) is 21.6 Å². The van der Waals surface area contributed by atoms with E-state index in [-0.39, 0.29) is 27.7 Å². The summed E-state index contributed by atoms with van der Waals surface area (Å²) in [5.74, 6) is 0.388. The zero-order valence-electron chi connectivity index (χ0n) is 19.8. The molecule has 1 aliphatic carbocycles. The minimum atomic E-state index is -4.09. The van der Waals surface area contributed by atoms with Gasteiger partial charge in [-0.05, 0) is 45.7 Å². The number of rotatable bonds is 6. The Bertz CT molecular complexity index is 1470. The fourth-order valence-electron chi connectivity index (χ4n) is 4.48. The number of halogens is 2. The van der Waals surface area contributed by atoms with Gasteiger partial charge in [-0.2, -0.15) is 9.98 Å². The number of aryl methyl sites for hydroxylation is 1. The van der Waals surface area contributed by atoms with Crippen LogP contribution in [0, 0.1) is 18.3 Å². The van der Waals surface area contributed by atoms with E-state index in [0.717, 1.165) is 0 Å². The molecule has 0 bridgehead atoms. The summed E-state index contributed by atoms with van der Waals surface area (Å²) in [6, 6.07) is 5.29. The fourth-order valence-corrected chi connectivity index (χ4v) is 6.60. The molecule has 2 fully saturated rings. The summed E-state index contributed by atoms with van der Waals surface area (Å²) in [5.41, 5.74) is 0.204. The van der Waals surface area contributed by atoms with Gasteiger partial charge in [-0.25, -0.2) is 27.2 Å². The normalized spacial score (nSPS) is 21.6. The van der Waals surface area contributed by atoms with Crippen LogP contribution in [0.5, 0.6) is 0 Å². The van der Waals surface area contributed by atoms with E-state index in [1.807, 2.05) is 19.9 Å². The monoisotopic (exact) mass is 534 g/mol. The zero-order valence-corrected chi connectivity index (χ0v) is 21.4. The van der Waals surface area contributed by atoms with E-state index < -0.39 is 27.0 Å². The highest BCUT2D eigenvalue weighted by atomic mass is 32.2. The molecule has 2 aliphatic rings. The number of piperazine rings is 1. The first kappa shape index (κ1) is 24.8. The SMILES string of the molecule is Cc1nc(-c2nnc(C(F)F)s2)c2cc(S(=O)(=O)NC3(C#N)CC3)cc(N3C[C@@H](C)N[C@@H](C)C3)c2n1. The number of benzene rings is 1. The first-order valence-corrected chi connectivity index (χ1v) is 13.7. The van der Waals surface area contributed by atoms with Crippen molar-refractivity contribution in [3.63, 3.8) is 0 Å². The number of hydrogen-bond acceptors (Lipinski definition) is 10. The van der Waals surface area contributed by atoms with Crippen LogP contribution in [0.1, 0.15) is 43.9 Å². The summed E-state index contributed by atoms with van der Waals surface area (Å²) in [6.45, 7) is 6.96. The molecule has 3 aromatic rings. The number of fused-ring (bicyclic) bond motifs is 1. The molecule has 14 heteroatoms. The summed E-state index contributed by atoms with van der Waals surface area (Å²) in [5, 5.41) is 20.4. The molecule has 1 saturated heterocycles. The number of hydrogen-bond donors (Lipinski definition) is 2. The summed E-state index contributed by atoms with van der Waals surface area (Å²) < 4.78 is 55.8. The molecular formula is C22H24F2N8O2S2. The lowest BCUT2D eigenvalue weighted by atomic mass is 10.1. The maximum Gasteiger partial charge on any atom is 0.291 e. The second-order valence-corrected chi connectivity index (χ2v) is 12.1. The third-order valence-electron chi connectivity index (χ3n) is 6.20. The predicted molar refractivity (Wildman–Crippen MR) is 130 cm³/mol. The van der Waals surface area contributed by atoms with Crippen LogP contribution in [-0.2, 0) is 10.0 Å². The van der Waals surface area contributed by atoms with Crippen LogP contribution >= 0.6 is 11.3 Å². The molecule has 1 aromatic carbocycles. The topological polar surface area (TPSA) is 137 Å². The van der Waals surface area contributed by atoms with Crippen molar-refractivity contribution in [1.82, 2.24) is 30.2 Å². The first-order chi connectivity index (χ1) is 17.0. The van der Waals surface area contributed by atoms with E-state index in [0.29, 0.717) is 59.7 Å². The van der Waals surface area contributed by atoms with Crippen LogP contribution in [0.15, 0.2) is 17.0 Å². The lowest BCUT2D eigenvalue weighted by Gasteiger charge is -2.38. The third-order valence-corrected chi connectivity index (χ3v) is 8.65. The quantitative estimate of drug-likeness (QED) is 0.489. The smallest absolute Gasteiger partial charge is 0.291 e. The average Bonchev–Trinajstić information content (AvgIpc) is 3.38. The molecule has 5 rings (SSSR count). The Morgan fingerprint density at radius 2 is 1.92 bits per heavy atom. The van der Waals surface area contributed by atoms with E-state index in [2.05, 4.69) is 35.1 Å². The highest BCUT2D eigenvalue weighted by molar-refractivity contribution is 7.89. The molecule has 0 spiro atoms. The van der Waals surface area contributed by atoms with Gasteiger partial charge >= 0.3 is 0 Å². The van der Waals surface area contributed by atoms with E-state index in [4.69, 9.17) is 0 Å². The molecule has 0 unspecified atom stereocenters. The molecule has 36 heavy (non-hydrogen) atoms. The summed E-state index contributed by atoms with van der Waals surface area (Å²) in [7, 11) is -4.09. The minimum absolute atomic E-state index is 0.0577. The Balaban J connectivity index is 1.74. The predicted octanol–water partition coefficient (Wildman–Crippen LogP) is 2.92. The van der Waals surface area contributed by atoms with Crippen LogP contribution < -0.4 is 14.9 Å². The number of anilines is 1. The van der Waals surface area contributed by atoms with E-state index in [1.54, 1.807) is 13.0 Å². The Hall–Kier alpha value is -2.86. The van der Waals surface area contributed by atoms with Gasteiger partial charge in [-0.1, -0.05) is 11.3 Å². The third kappa shape index (κ3) is 4.63. The van der Waals surface area contributed by atoms with E-state index in [9.17, 15) is 22.5 Å². The van der Waals surface area contributed by atoms with Crippen molar-refractivity contribution in [1.29, 1.82) is 5.26 Å². The van der Waals surface area contributed by atoms with Gasteiger partial charge in [-0.3, -0.25) is 0 Å². The van der Waals surface area contributed by atoms with Gasteiger partial charge in [0.25, 0.3) is 6.43 Å². The van der Waals surface area contributed by atoms with Gasteiger partial charge < -0.3 is 10.2 Å². The van der Waals surface area contributed by atoms with Crippen molar-refractivity contribution < 1.29 is 17.2 Å². The van der Waals surface area contributed by atoms with Crippen molar-refractivity contribution in [3.8, 4) is 16.8 Å². The van der Waals surface area contributed by atoms with Crippen LogP contribution in [-0.4, -0.2) is 59.3 Å². The number of nitrogens with zero attached hydrogens (tertiary/aromatic N) is 6. The Kier molecular flexibility index (Phi) is 6.14.